The minimum Gasteiger partial charge on any atom is -0.466 e. The SMILES string of the molecule is COC(=O)C1=C(C)NC2=C(C(=O)CCC2)[C@H]1c1ccccc1N1CCOCC1. The van der Waals surface area contributed by atoms with Gasteiger partial charge in [-0.15, -0.1) is 0 Å². The molecule has 1 N–H and O–H groups in total. The molecule has 1 atom stereocenters. The van der Waals surface area contributed by atoms with Crippen LogP contribution in [0.1, 0.15) is 37.7 Å². The van der Waals surface area contributed by atoms with Crippen LogP contribution in [0.15, 0.2) is 46.8 Å². The molecule has 28 heavy (non-hydrogen) atoms. The van der Waals surface area contributed by atoms with Crippen LogP contribution in [0.3, 0.4) is 0 Å². The minimum atomic E-state index is -0.407. The number of hydrogen-bond acceptors (Lipinski definition) is 6. The van der Waals surface area contributed by atoms with Gasteiger partial charge in [0.2, 0.25) is 0 Å². The number of ether oxygens (including phenoxy) is 2. The van der Waals surface area contributed by atoms with Crippen LogP contribution in [0.2, 0.25) is 0 Å². The Morgan fingerprint density at radius 2 is 1.96 bits per heavy atom. The summed E-state index contributed by atoms with van der Waals surface area (Å²) in [5, 5.41) is 3.32. The van der Waals surface area contributed by atoms with Gasteiger partial charge in [-0.3, -0.25) is 4.79 Å². The van der Waals surface area contributed by atoms with Crippen molar-refractivity contribution in [3.05, 3.63) is 52.4 Å². The molecule has 0 amide bonds. The number of dihydropyridines is 1. The van der Waals surface area contributed by atoms with E-state index in [4.69, 9.17) is 9.47 Å². The summed E-state index contributed by atoms with van der Waals surface area (Å²) >= 11 is 0. The number of morpholine rings is 1. The van der Waals surface area contributed by atoms with E-state index in [1.165, 1.54) is 7.11 Å². The molecule has 0 saturated carbocycles. The van der Waals surface area contributed by atoms with Crippen LogP contribution in [0.4, 0.5) is 5.69 Å². The third kappa shape index (κ3) is 3.22. The highest BCUT2D eigenvalue weighted by Gasteiger charge is 2.40. The van der Waals surface area contributed by atoms with Crippen molar-refractivity contribution >= 4 is 17.4 Å². The predicted molar refractivity (Wildman–Crippen MR) is 106 cm³/mol. The van der Waals surface area contributed by atoms with Crippen LogP contribution >= 0.6 is 0 Å². The molecule has 0 aromatic heterocycles. The van der Waals surface area contributed by atoms with Crippen LogP contribution in [-0.2, 0) is 19.1 Å². The van der Waals surface area contributed by atoms with Crippen LogP contribution in [0.25, 0.3) is 0 Å². The lowest BCUT2D eigenvalue weighted by atomic mass is 9.74. The molecular weight excluding hydrogens is 356 g/mol. The van der Waals surface area contributed by atoms with E-state index in [0.29, 0.717) is 25.2 Å². The second-order valence-corrected chi connectivity index (χ2v) is 7.42. The summed E-state index contributed by atoms with van der Waals surface area (Å²) in [7, 11) is 1.39. The zero-order valence-electron chi connectivity index (χ0n) is 16.4. The van der Waals surface area contributed by atoms with Gasteiger partial charge in [-0.1, -0.05) is 18.2 Å². The molecule has 1 saturated heterocycles. The molecule has 148 valence electrons. The van der Waals surface area contributed by atoms with Crippen LogP contribution in [0, 0.1) is 0 Å². The van der Waals surface area contributed by atoms with Crippen molar-refractivity contribution in [3.8, 4) is 0 Å². The molecule has 2 aliphatic heterocycles. The van der Waals surface area contributed by atoms with Gasteiger partial charge < -0.3 is 19.7 Å². The van der Waals surface area contributed by atoms with E-state index in [1.54, 1.807) is 0 Å². The highest BCUT2D eigenvalue weighted by Crippen LogP contribution is 2.45. The van der Waals surface area contributed by atoms with E-state index in [9.17, 15) is 9.59 Å². The van der Waals surface area contributed by atoms with Gasteiger partial charge in [0.05, 0.1) is 31.8 Å². The second-order valence-electron chi connectivity index (χ2n) is 7.42. The number of esters is 1. The largest absolute Gasteiger partial charge is 0.466 e. The summed E-state index contributed by atoms with van der Waals surface area (Å²) in [5.74, 6) is -0.684. The molecule has 1 aliphatic carbocycles. The fourth-order valence-corrected chi connectivity index (χ4v) is 4.50. The lowest BCUT2D eigenvalue weighted by Crippen LogP contribution is -2.38. The third-order valence-corrected chi connectivity index (χ3v) is 5.78. The number of hydrogen-bond donors (Lipinski definition) is 1. The Morgan fingerprint density at radius 3 is 2.71 bits per heavy atom. The van der Waals surface area contributed by atoms with Crippen molar-refractivity contribution in [1.29, 1.82) is 0 Å². The summed E-state index contributed by atoms with van der Waals surface area (Å²) < 4.78 is 10.6. The van der Waals surface area contributed by atoms with Gasteiger partial charge in [-0.25, -0.2) is 4.79 Å². The molecule has 0 spiro atoms. The Kier molecular flexibility index (Phi) is 5.22. The quantitative estimate of drug-likeness (QED) is 0.811. The highest BCUT2D eigenvalue weighted by molar-refractivity contribution is 6.04. The summed E-state index contributed by atoms with van der Waals surface area (Å²) in [6.45, 7) is 4.81. The lowest BCUT2D eigenvalue weighted by molar-refractivity contribution is -0.136. The van der Waals surface area contributed by atoms with Crippen LogP contribution < -0.4 is 10.2 Å². The number of ketones is 1. The smallest absolute Gasteiger partial charge is 0.336 e. The Hall–Kier alpha value is -2.60. The fraction of sp³-hybridized carbons (Fsp3) is 0.455. The topological polar surface area (TPSA) is 67.9 Å². The first kappa shape index (κ1) is 18.7. The molecule has 2 heterocycles. The maximum Gasteiger partial charge on any atom is 0.336 e. The Labute approximate surface area is 165 Å². The fourth-order valence-electron chi connectivity index (χ4n) is 4.50. The van der Waals surface area contributed by atoms with E-state index < -0.39 is 11.9 Å². The highest BCUT2D eigenvalue weighted by atomic mass is 16.5. The zero-order chi connectivity index (χ0) is 19.7. The molecule has 0 bridgehead atoms. The second kappa shape index (κ2) is 7.80. The number of nitrogens with one attached hydrogen (secondary N) is 1. The first-order chi connectivity index (χ1) is 13.6. The maximum atomic E-state index is 13.0. The standard InChI is InChI=1S/C22H26N2O4/c1-14-19(22(26)27-2)20(21-16(23-14)7-5-9-18(21)25)15-6-3-4-8-17(15)24-10-12-28-13-11-24/h3-4,6,8,20,23H,5,7,9-13H2,1-2H3/t20-/m0/s1. The number of Topliss-reactive ketones (excluding diaryl/α,β-unsaturated/α-hetero) is 1. The normalized spacial score (nSPS) is 22.7. The molecule has 0 radical (unpaired) electrons. The molecule has 4 rings (SSSR count). The number of nitrogens with zero attached hydrogens (tertiary/aromatic N) is 1. The molecule has 1 aromatic carbocycles. The molecule has 3 aliphatic rings. The minimum absolute atomic E-state index is 0.115. The molecular formula is C22H26N2O4. The molecule has 6 nitrogen and oxygen atoms in total. The summed E-state index contributed by atoms with van der Waals surface area (Å²) in [5.41, 5.74) is 4.99. The number of allylic oxidation sites excluding steroid dienone is 3. The Morgan fingerprint density at radius 1 is 1.21 bits per heavy atom. The van der Waals surface area contributed by atoms with Crippen molar-refractivity contribution in [2.24, 2.45) is 0 Å². The van der Waals surface area contributed by atoms with Gasteiger partial charge in [0.1, 0.15) is 0 Å². The van der Waals surface area contributed by atoms with Crippen LogP contribution in [0.5, 0.6) is 0 Å². The van der Waals surface area contributed by atoms with Gasteiger partial charge in [-0.2, -0.15) is 0 Å². The molecule has 1 aromatic rings. The number of anilines is 1. The predicted octanol–water partition coefficient (Wildman–Crippen LogP) is 2.66. The molecule has 1 fully saturated rings. The van der Waals surface area contributed by atoms with Gasteiger partial charge in [0.25, 0.3) is 0 Å². The van der Waals surface area contributed by atoms with Gasteiger partial charge in [0, 0.05) is 42.2 Å². The maximum absolute atomic E-state index is 13.0. The Bertz CT molecular complexity index is 865. The monoisotopic (exact) mass is 382 g/mol. The van der Waals surface area contributed by atoms with Crippen LogP contribution in [-0.4, -0.2) is 45.2 Å². The zero-order valence-corrected chi connectivity index (χ0v) is 16.4. The number of para-hydroxylation sites is 1. The number of methoxy groups -OCH3 is 1. The third-order valence-electron chi connectivity index (χ3n) is 5.78. The van der Waals surface area contributed by atoms with E-state index in [1.807, 2.05) is 25.1 Å². The van der Waals surface area contributed by atoms with Gasteiger partial charge in [0.15, 0.2) is 5.78 Å². The summed E-state index contributed by atoms with van der Waals surface area (Å²) in [4.78, 5) is 28.0. The van der Waals surface area contributed by atoms with Crippen molar-refractivity contribution in [2.75, 3.05) is 38.3 Å². The number of carbonyl (C=O) groups excluding carboxylic acids is 2. The number of rotatable bonds is 3. The van der Waals surface area contributed by atoms with E-state index in [-0.39, 0.29) is 5.78 Å². The van der Waals surface area contributed by atoms with Gasteiger partial charge >= 0.3 is 5.97 Å². The van der Waals surface area contributed by atoms with E-state index in [2.05, 4.69) is 16.3 Å². The lowest BCUT2D eigenvalue weighted by Gasteiger charge is -2.37. The first-order valence-corrected chi connectivity index (χ1v) is 9.85. The molecule has 0 unspecified atom stereocenters. The molecule has 6 heteroatoms. The first-order valence-electron chi connectivity index (χ1n) is 9.85. The summed E-state index contributed by atoms with van der Waals surface area (Å²) in [6.07, 6.45) is 2.18. The average molecular weight is 382 g/mol. The number of benzene rings is 1. The van der Waals surface area contributed by atoms with E-state index in [0.717, 1.165) is 54.1 Å². The van der Waals surface area contributed by atoms with E-state index >= 15 is 0 Å². The van der Waals surface area contributed by atoms with Crippen molar-refractivity contribution in [2.45, 2.75) is 32.1 Å². The average Bonchev–Trinajstić information content (AvgIpc) is 2.73. The number of carbonyl (C=O) groups is 2. The van der Waals surface area contributed by atoms with Crippen molar-refractivity contribution in [1.82, 2.24) is 5.32 Å². The van der Waals surface area contributed by atoms with Gasteiger partial charge in [-0.05, 0) is 31.4 Å². The van der Waals surface area contributed by atoms with Crippen molar-refractivity contribution in [3.63, 3.8) is 0 Å². The Balaban J connectivity index is 1.88. The summed E-state index contributed by atoms with van der Waals surface area (Å²) in [6, 6.07) is 8.07. The van der Waals surface area contributed by atoms with Crippen molar-refractivity contribution < 1.29 is 19.1 Å².